The van der Waals surface area contributed by atoms with Crippen molar-refractivity contribution in [2.75, 3.05) is 26.8 Å². The van der Waals surface area contributed by atoms with E-state index >= 15 is 0 Å². The fraction of sp³-hybridized carbons (Fsp3) is 0.533. The topological polar surface area (TPSA) is 67.8 Å². The van der Waals surface area contributed by atoms with Gasteiger partial charge >= 0.3 is 5.97 Å². The highest BCUT2D eigenvalue weighted by Gasteiger charge is 2.26. The third-order valence-corrected chi connectivity index (χ3v) is 3.56. The largest absolute Gasteiger partial charge is 0.497 e. The molecule has 0 bridgehead atoms. The van der Waals surface area contributed by atoms with Crippen molar-refractivity contribution in [1.29, 1.82) is 0 Å². The van der Waals surface area contributed by atoms with Crippen molar-refractivity contribution in [2.24, 2.45) is 5.92 Å². The summed E-state index contributed by atoms with van der Waals surface area (Å²) in [4.78, 5) is 10.9. The molecule has 0 spiro atoms. The van der Waals surface area contributed by atoms with E-state index in [-0.39, 0.29) is 12.0 Å². The zero-order valence-electron chi connectivity index (χ0n) is 11.7. The molecule has 0 radical (unpaired) electrons. The summed E-state index contributed by atoms with van der Waals surface area (Å²) in [5.74, 6) is -0.244. The SMILES string of the molecule is COc1ccc(CCOC2CNCC(C(=O)O)C2)cc1. The lowest BCUT2D eigenvalue weighted by Crippen LogP contribution is -2.43. The van der Waals surface area contributed by atoms with E-state index in [0.717, 1.165) is 18.7 Å². The van der Waals surface area contributed by atoms with Gasteiger partial charge in [-0.05, 0) is 30.5 Å². The average molecular weight is 279 g/mol. The molecule has 0 amide bonds. The number of aliphatic carboxylic acids is 1. The Morgan fingerprint density at radius 2 is 2.10 bits per heavy atom. The van der Waals surface area contributed by atoms with Gasteiger partial charge in [-0.3, -0.25) is 4.79 Å². The summed E-state index contributed by atoms with van der Waals surface area (Å²) in [5, 5.41) is 12.1. The minimum absolute atomic E-state index is 0.0110. The van der Waals surface area contributed by atoms with Gasteiger partial charge in [-0.1, -0.05) is 12.1 Å². The van der Waals surface area contributed by atoms with Crippen molar-refractivity contribution in [3.05, 3.63) is 29.8 Å². The Kier molecular flexibility index (Phi) is 5.38. The summed E-state index contributed by atoms with van der Waals surface area (Å²) >= 11 is 0. The van der Waals surface area contributed by atoms with Crippen molar-refractivity contribution in [3.63, 3.8) is 0 Å². The Hall–Kier alpha value is -1.59. The number of nitrogens with one attached hydrogen (secondary N) is 1. The highest BCUT2D eigenvalue weighted by molar-refractivity contribution is 5.70. The van der Waals surface area contributed by atoms with Crippen molar-refractivity contribution in [3.8, 4) is 5.75 Å². The first kappa shape index (κ1) is 14.8. The molecule has 0 aliphatic carbocycles. The third kappa shape index (κ3) is 4.21. The predicted octanol–water partition coefficient (Wildman–Crippen LogP) is 1.32. The van der Waals surface area contributed by atoms with Gasteiger partial charge in [0.1, 0.15) is 5.75 Å². The van der Waals surface area contributed by atoms with Crippen molar-refractivity contribution in [2.45, 2.75) is 18.9 Å². The van der Waals surface area contributed by atoms with Crippen LogP contribution in [0, 0.1) is 5.92 Å². The van der Waals surface area contributed by atoms with E-state index in [1.54, 1.807) is 7.11 Å². The maximum atomic E-state index is 10.9. The van der Waals surface area contributed by atoms with Gasteiger partial charge in [0.25, 0.3) is 0 Å². The van der Waals surface area contributed by atoms with E-state index in [1.807, 2.05) is 24.3 Å². The number of piperidine rings is 1. The molecule has 2 rings (SSSR count). The summed E-state index contributed by atoms with van der Waals surface area (Å²) < 4.78 is 10.9. The van der Waals surface area contributed by atoms with Crippen LogP contribution in [-0.4, -0.2) is 44.0 Å². The Morgan fingerprint density at radius 3 is 2.75 bits per heavy atom. The minimum atomic E-state index is -0.749. The van der Waals surface area contributed by atoms with Crippen molar-refractivity contribution in [1.82, 2.24) is 5.32 Å². The smallest absolute Gasteiger partial charge is 0.307 e. The Morgan fingerprint density at radius 1 is 1.35 bits per heavy atom. The van der Waals surface area contributed by atoms with Gasteiger partial charge in [0.15, 0.2) is 0 Å². The van der Waals surface area contributed by atoms with Gasteiger partial charge in [-0.15, -0.1) is 0 Å². The van der Waals surface area contributed by atoms with Crippen molar-refractivity contribution >= 4 is 5.97 Å². The van der Waals surface area contributed by atoms with Crippen LogP contribution in [0.1, 0.15) is 12.0 Å². The quantitative estimate of drug-likeness (QED) is 0.822. The average Bonchev–Trinajstić information content (AvgIpc) is 2.48. The molecule has 20 heavy (non-hydrogen) atoms. The molecule has 1 aliphatic heterocycles. The molecule has 0 aromatic heterocycles. The summed E-state index contributed by atoms with van der Waals surface area (Å²) in [5.41, 5.74) is 1.18. The van der Waals surface area contributed by atoms with Gasteiger partial charge in [-0.25, -0.2) is 0 Å². The van der Waals surface area contributed by atoms with Crippen LogP contribution in [0.15, 0.2) is 24.3 Å². The molecular weight excluding hydrogens is 258 g/mol. The molecule has 5 heteroatoms. The van der Waals surface area contributed by atoms with Crippen LogP contribution in [0.25, 0.3) is 0 Å². The molecule has 5 nitrogen and oxygen atoms in total. The second-order valence-electron chi connectivity index (χ2n) is 5.02. The monoisotopic (exact) mass is 279 g/mol. The summed E-state index contributed by atoms with van der Waals surface area (Å²) in [6.45, 7) is 1.87. The number of methoxy groups -OCH3 is 1. The second-order valence-corrected chi connectivity index (χ2v) is 5.02. The number of hydrogen-bond donors (Lipinski definition) is 2. The number of carboxylic acids is 1. The zero-order valence-corrected chi connectivity index (χ0v) is 11.7. The van der Waals surface area contributed by atoms with Gasteiger partial charge in [-0.2, -0.15) is 0 Å². The Bertz CT molecular complexity index is 432. The highest BCUT2D eigenvalue weighted by Crippen LogP contribution is 2.15. The molecule has 1 saturated heterocycles. The molecule has 2 atom stereocenters. The van der Waals surface area contributed by atoms with Gasteiger partial charge < -0.3 is 19.9 Å². The number of rotatable bonds is 6. The molecule has 1 heterocycles. The summed E-state index contributed by atoms with van der Waals surface area (Å²) in [7, 11) is 1.65. The van der Waals surface area contributed by atoms with Gasteiger partial charge in [0, 0.05) is 13.1 Å². The van der Waals surface area contributed by atoms with Crippen LogP contribution in [0.3, 0.4) is 0 Å². The lowest BCUT2D eigenvalue weighted by Gasteiger charge is -2.27. The minimum Gasteiger partial charge on any atom is -0.497 e. The number of ether oxygens (including phenoxy) is 2. The van der Waals surface area contributed by atoms with Crippen LogP contribution in [-0.2, 0) is 16.0 Å². The van der Waals surface area contributed by atoms with Crippen LogP contribution >= 0.6 is 0 Å². The van der Waals surface area contributed by atoms with E-state index in [1.165, 1.54) is 5.56 Å². The van der Waals surface area contributed by atoms with Crippen LogP contribution in [0.5, 0.6) is 5.75 Å². The van der Waals surface area contributed by atoms with Crippen LogP contribution in [0.4, 0.5) is 0 Å². The van der Waals surface area contributed by atoms with E-state index < -0.39 is 5.97 Å². The first-order valence-electron chi connectivity index (χ1n) is 6.87. The fourth-order valence-corrected chi connectivity index (χ4v) is 2.35. The molecule has 1 fully saturated rings. The Balaban J connectivity index is 1.73. The van der Waals surface area contributed by atoms with E-state index in [4.69, 9.17) is 14.6 Å². The molecule has 0 saturated carbocycles. The van der Waals surface area contributed by atoms with Crippen LogP contribution in [0.2, 0.25) is 0 Å². The lowest BCUT2D eigenvalue weighted by atomic mass is 9.98. The molecule has 2 N–H and O–H groups in total. The fourth-order valence-electron chi connectivity index (χ4n) is 2.35. The molecule has 110 valence electrons. The number of carbonyl (C=O) groups is 1. The lowest BCUT2D eigenvalue weighted by molar-refractivity contribution is -0.144. The number of benzene rings is 1. The van der Waals surface area contributed by atoms with E-state index in [9.17, 15) is 4.79 Å². The highest BCUT2D eigenvalue weighted by atomic mass is 16.5. The first-order chi connectivity index (χ1) is 9.69. The molecular formula is C15H21NO4. The van der Waals surface area contributed by atoms with Gasteiger partial charge in [0.2, 0.25) is 0 Å². The first-order valence-corrected chi connectivity index (χ1v) is 6.87. The maximum absolute atomic E-state index is 10.9. The zero-order chi connectivity index (χ0) is 14.4. The molecule has 1 aliphatic rings. The number of hydrogen-bond acceptors (Lipinski definition) is 4. The van der Waals surface area contributed by atoms with Crippen molar-refractivity contribution < 1.29 is 19.4 Å². The van der Waals surface area contributed by atoms with Gasteiger partial charge in [0.05, 0.1) is 25.7 Å². The normalized spacial score (nSPS) is 22.4. The predicted molar refractivity (Wildman–Crippen MR) is 75.1 cm³/mol. The van der Waals surface area contributed by atoms with E-state index in [2.05, 4.69) is 5.32 Å². The molecule has 2 unspecified atom stereocenters. The third-order valence-electron chi connectivity index (χ3n) is 3.56. The van der Waals surface area contributed by atoms with E-state index in [0.29, 0.717) is 19.6 Å². The summed E-state index contributed by atoms with van der Waals surface area (Å²) in [6.07, 6.45) is 1.39. The van der Waals surface area contributed by atoms with Crippen LogP contribution < -0.4 is 10.1 Å². The number of carboxylic acid groups (broad SMARTS) is 1. The maximum Gasteiger partial charge on any atom is 0.307 e. The second kappa shape index (κ2) is 7.26. The summed E-state index contributed by atoms with van der Waals surface area (Å²) in [6, 6.07) is 7.89. The molecule has 1 aromatic carbocycles. The standard InChI is InChI=1S/C15H21NO4/c1-19-13-4-2-11(3-5-13)6-7-20-14-8-12(15(17)18)9-16-10-14/h2-5,12,14,16H,6-10H2,1H3,(H,17,18). The Labute approximate surface area is 118 Å². The molecule has 1 aromatic rings.